The number of esters is 1. The Kier molecular flexibility index (Phi) is 7.69. The van der Waals surface area contributed by atoms with Crippen molar-refractivity contribution in [3.8, 4) is 0 Å². The molecule has 154 valence electrons. The zero-order valence-corrected chi connectivity index (χ0v) is 17.5. The van der Waals surface area contributed by atoms with Gasteiger partial charge in [-0.25, -0.2) is 9.37 Å². The van der Waals surface area contributed by atoms with Crippen molar-refractivity contribution in [1.82, 2.24) is 9.97 Å². The van der Waals surface area contributed by atoms with Crippen LogP contribution in [-0.2, 0) is 16.0 Å². The lowest BCUT2D eigenvalue weighted by Gasteiger charge is -2.25. The van der Waals surface area contributed by atoms with Gasteiger partial charge in [0.1, 0.15) is 10.6 Å². The number of aliphatic imine (C=N–C) groups is 1. The Morgan fingerprint density at radius 2 is 2.14 bits per heavy atom. The van der Waals surface area contributed by atoms with E-state index in [0.29, 0.717) is 10.6 Å². The number of hydrogen-bond donors (Lipinski definition) is 1. The van der Waals surface area contributed by atoms with Crippen molar-refractivity contribution in [2.75, 3.05) is 14.2 Å². The molecule has 0 radical (unpaired) electrons. The Morgan fingerprint density at radius 3 is 2.72 bits per heavy atom. The van der Waals surface area contributed by atoms with Crippen LogP contribution >= 0.6 is 23.4 Å². The molecule has 2 rings (SSSR count). The third-order valence-electron chi connectivity index (χ3n) is 3.89. The molecule has 2 heterocycles. The fraction of sp³-hybridized carbons (Fsp3) is 0.263. The predicted molar refractivity (Wildman–Crippen MR) is 112 cm³/mol. The van der Waals surface area contributed by atoms with Crippen LogP contribution in [0.4, 0.5) is 8.78 Å². The predicted octanol–water partition coefficient (Wildman–Crippen LogP) is 3.89. The maximum absolute atomic E-state index is 14.4. The van der Waals surface area contributed by atoms with E-state index in [2.05, 4.69) is 15.0 Å². The van der Waals surface area contributed by atoms with Crippen LogP contribution in [0.5, 0.6) is 0 Å². The van der Waals surface area contributed by atoms with Gasteiger partial charge in [-0.2, -0.15) is 4.39 Å². The van der Waals surface area contributed by atoms with Gasteiger partial charge in [0.05, 0.1) is 17.8 Å². The second-order valence-corrected chi connectivity index (χ2v) is 8.10. The Morgan fingerprint density at radius 1 is 1.41 bits per heavy atom. The molecule has 0 aliphatic heterocycles. The van der Waals surface area contributed by atoms with Gasteiger partial charge >= 0.3 is 5.97 Å². The van der Waals surface area contributed by atoms with Gasteiger partial charge in [0, 0.05) is 31.4 Å². The number of carbonyl (C=O) groups is 1. The fourth-order valence-corrected chi connectivity index (χ4v) is 3.52. The van der Waals surface area contributed by atoms with E-state index in [-0.39, 0.29) is 22.8 Å². The highest BCUT2D eigenvalue weighted by molar-refractivity contribution is 8.15. The van der Waals surface area contributed by atoms with Crippen LogP contribution < -0.4 is 5.73 Å². The Bertz CT molecular complexity index is 954. The fourth-order valence-electron chi connectivity index (χ4n) is 2.46. The van der Waals surface area contributed by atoms with Crippen LogP contribution in [0.3, 0.4) is 0 Å². The van der Waals surface area contributed by atoms with Crippen molar-refractivity contribution in [2.24, 2.45) is 10.7 Å². The topological polar surface area (TPSA) is 90.5 Å². The van der Waals surface area contributed by atoms with Crippen molar-refractivity contribution in [3.63, 3.8) is 0 Å². The number of pyridine rings is 2. The number of ether oxygens (including phenoxy) is 1. The Hall–Kier alpha value is -2.52. The maximum Gasteiger partial charge on any atom is 0.322 e. The molecule has 29 heavy (non-hydrogen) atoms. The highest BCUT2D eigenvalue weighted by Crippen LogP contribution is 2.32. The molecule has 0 saturated carbocycles. The molecule has 2 N–H and O–H groups in total. The summed E-state index contributed by atoms with van der Waals surface area (Å²) in [5, 5.41) is 0.518. The molecule has 0 fully saturated rings. The van der Waals surface area contributed by atoms with Crippen molar-refractivity contribution in [2.45, 2.75) is 18.1 Å². The number of halogens is 3. The second-order valence-electron chi connectivity index (χ2n) is 6.14. The van der Waals surface area contributed by atoms with Crippen molar-refractivity contribution in [1.29, 1.82) is 0 Å². The third kappa shape index (κ3) is 5.98. The molecule has 0 saturated heterocycles. The SMILES string of the molecule is CN=C(N)S[C@](C)(Cc1cc(/C=C(/F)c2ccc(Cl)cn2)cnc1F)C(=O)OC. The summed E-state index contributed by atoms with van der Waals surface area (Å²) in [4.78, 5) is 23.7. The quantitative estimate of drug-likeness (QED) is 0.317. The summed E-state index contributed by atoms with van der Waals surface area (Å²) < 4.78 is 32.3. The van der Waals surface area contributed by atoms with Crippen LogP contribution in [0.1, 0.15) is 23.7 Å². The van der Waals surface area contributed by atoms with Crippen LogP contribution in [0, 0.1) is 5.95 Å². The molecule has 0 amide bonds. The van der Waals surface area contributed by atoms with E-state index in [1.165, 1.54) is 44.8 Å². The standard InChI is InChI=1S/C19H19ClF2N4O2S/c1-19(17(27)28-3,29-18(23)24-2)8-12-6-11(9-26-16(12)22)7-14(21)15-5-4-13(20)10-25-15/h4-7,9-10H,8H2,1-3H3,(H2,23,24)/b14-7+/t19-/m1/s1. The lowest BCUT2D eigenvalue weighted by atomic mass is 10.00. The largest absolute Gasteiger partial charge is 0.468 e. The van der Waals surface area contributed by atoms with Gasteiger partial charge < -0.3 is 10.5 Å². The first kappa shape index (κ1) is 22.8. The molecule has 1 atom stereocenters. The molecular weight excluding hydrogens is 422 g/mol. The van der Waals surface area contributed by atoms with Gasteiger partial charge in [-0.3, -0.25) is 14.8 Å². The lowest BCUT2D eigenvalue weighted by molar-refractivity contribution is -0.143. The van der Waals surface area contributed by atoms with E-state index in [9.17, 15) is 13.6 Å². The molecule has 0 unspecified atom stereocenters. The van der Waals surface area contributed by atoms with Crippen LogP contribution in [0.2, 0.25) is 5.02 Å². The average molecular weight is 441 g/mol. The number of methoxy groups -OCH3 is 1. The molecule has 2 aromatic rings. The van der Waals surface area contributed by atoms with E-state index in [1.807, 2.05) is 0 Å². The monoisotopic (exact) mass is 440 g/mol. The highest BCUT2D eigenvalue weighted by Gasteiger charge is 2.38. The molecule has 0 aromatic carbocycles. The minimum Gasteiger partial charge on any atom is -0.468 e. The van der Waals surface area contributed by atoms with Gasteiger partial charge in [0.15, 0.2) is 5.17 Å². The van der Waals surface area contributed by atoms with Crippen molar-refractivity contribution in [3.05, 3.63) is 58.4 Å². The van der Waals surface area contributed by atoms with E-state index < -0.39 is 22.5 Å². The van der Waals surface area contributed by atoms with Gasteiger partial charge in [0.25, 0.3) is 0 Å². The summed E-state index contributed by atoms with van der Waals surface area (Å²) in [5.74, 6) is -2.03. The lowest BCUT2D eigenvalue weighted by Crippen LogP contribution is -2.38. The number of aromatic nitrogens is 2. The van der Waals surface area contributed by atoms with E-state index in [1.54, 1.807) is 6.92 Å². The summed E-state index contributed by atoms with van der Waals surface area (Å²) in [5.41, 5.74) is 6.20. The molecule has 0 spiro atoms. The first-order valence-electron chi connectivity index (χ1n) is 8.31. The number of rotatable bonds is 6. The number of hydrogen-bond acceptors (Lipinski definition) is 6. The minimum atomic E-state index is -1.25. The summed E-state index contributed by atoms with van der Waals surface area (Å²) >= 11 is 6.70. The number of carbonyl (C=O) groups excluding carboxylic acids is 1. The first-order chi connectivity index (χ1) is 13.7. The number of nitrogens with two attached hydrogens (primary N) is 1. The second kappa shape index (κ2) is 9.80. The Labute approximate surface area is 176 Å². The number of amidine groups is 1. The Balaban J connectivity index is 2.37. The first-order valence-corrected chi connectivity index (χ1v) is 9.51. The van der Waals surface area contributed by atoms with Crippen LogP contribution in [0.15, 0.2) is 35.6 Å². The van der Waals surface area contributed by atoms with Crippen LogP contribution in [-0.4, -0.2) is 40.0 Å². The summed E-state index contributed by atoms with van der Waals surface area (Å²) in [6.07, 6.45) is 3.56. The van der Waals surface area contributed by atoms with Crippen LogP contribution in [0.25, 0.3) is 11.9 Å². The van der Waals surface area contributed by atoms with Gasteiger partial charge in [-0.05, 0) is 36.8 Å². The van der Waals surface area contributed by atoms with Gasteiger partial charge in [0.2, 0.25) is 5.95 Å². The summed E-state index contributed by atoms with van der Waals surface area (Å²) in [6.45, 7) is 1.56. The van der Waals surface area contributed by atoms with Crippen molar-refractivity contribution >= 4 is 46.4 Å². The molecule has 0 aliphatic carbocycles. The highest BCUT2D eigenvalue weighted by atomic mass is 35.5. The van der Waals surface area contributed by atoms with Gasteiger partial charge in [-0.1, -0.05) is 23.4 Å². The molecule has 2 aromatic heterocycles. The molecule has 0 bridgehead atoms. The number of nitrogens with zero attached hydrogens (tertiary/aromatic N) is 3. The third-order valence-corrected chi connectivity index (χ3v) is 5.27. The maximum atomic E-state index is 14.4. The molecule has 10 heteroatoms. The van der Waals surface area contributed by atoms with E-state index in [0.717, 1.165) is 17.8 Å². The minimum absolute atomic E-state index is 0.0714. The smallest absolute Gasteiger partial charge is 0.322 e. The molecule has 0 aliphatic rings. The van der Waals surface area contributed by atoms with E-state index in [4.69, 9.17) is 22.1 Å². The summed E-state index contributed by atoms with van der Waals surface area (Å²) in [6, 6.07) is 4.33. The summed E-state index contributed by atoms with van der Waals surface area (Å²) in [7, 11) is 2.70. The van der Waals surface area contributed by atoms with E-state index >= 15 is 0 Å². The van der Waals surface area contributed by atoms with Gasteiger partial charge in [-0.15, -0.1) is 0 Å². The number of thioether (sulfide) groups is 1. The molecular formula is C19H19ClF2N4O2S. The zero-order valence-electron chi connectivity index (χ0n) is 15.9. The zero-order chi connectivity index (χ0) is 21.6. The average Bonchev–Trinajstić information content (AvgIpc) is 2.70. The molecule has 6 nitrogen and oxygen atoms in total. The normalized spacial score (nSPS) is 14.4. The van der Waals surface area contributed by atoms with Crippen molar-refractivity contribution < 1.29 is 18.3 Å².